The molecule has 0 amide bonds. The van der Waals surface area contributed by atoms with Crippen LogP contribution in [0.3, 0.4) is 0 Å². The second-order valence-corrected chi connectivity index (χ2v) is 4.24. The first-order valence-corrected chi connectivity index (χ1v) is 5.80. The summed E-state index contributed by atoms with van der Waals surface area (Å²) in [6.45, 7) is 0.691. The van der Waals surface area contributed by atoms with Gasteiger partial charge in [-0.25, -0.2) is 9.97 Å². The Bertz CT molecular complexity index is 543. The Kier molecular flexibility index (Phi) is 3.78. The second kappa shape index (κ2) is 5.50. The Balaban J connectivity index is 2.24. The molecule has 6 heteroatoms. The number of thiocarbonyl (C=S) groups is 1. The van der Waals surface area contributed by atoms with Gasteiger partial charge in [0.2, 0.25) is 0 Å². The molecule has 0 aliphatic heterocycles. The van der Waals surface area contributed by atoms with Crippen LogP contribution >= 0.6 is 12.2 Å². The maximum absolute atomic E-state index is 5.64. The van der Waals surface area contributed by atoms with E-state index in [2.05, 4.69) is 15.0 Å². The SMILES string of the molecule is CN(Cc1ccncc1)c1nccnc1C(N)=S. The number of pyridine rings is 1. The van der Waals surface area contributed by atoms with E-state index in [1.165, 1.54) is 0 Å². The fourth-order valence-corrected chi connectivity index (χ4v) is 1.76. The van der Waals surface area contributed by atoms with E-state index in [4.69, 9.17) is 18.0 Å². The summed E-state index contributed by atoms with van der Waals surface area (Å²) in [5.74, 6) is 0.682. The lowest BCUT2D eigenvalue weighted by molar-refractivity contribution is 0.885. The van der Waals surface area contributed by atoms with Crippen LogP contribution in [-0.2, 0) is 6.54 Å². The van der Waals surface area contributed by atoms with Crippen molar-refractivity contribution in [2.75, 3.05) is 11.9 Å². The first-order chi connectivity index (χ1) is 8.68. The summed E-state index contributed by atoms with van der Waals surface area (Å²) in [6.07, 6.45) is 6.72. The van der Waals surface area contributed by atoms with Crippen molar-refractivity contribution in [2.24, 2.45) is 5.73 Å². The number of aromatic nitrogens is 3. The smallest absolute Gasteiger partial charge is 0.157 e. The number of hydrogen-bond donors (Lipinski definition) is 1. The first kappa shape index (κ1) is 12.4. The highest BCUT2D eigenvalue weighted by Gasteiger charge is 2.12. The Morgan fingerprint density at radius 2 is 1.89 bits per heavy atom. The summed E-state index contributed by atoms with van der Waals surface area (Å²) in [7, 11) is 1.92. The largest absolute Gasteiger partial charge is 0.388 e. The van der Waals surface area contributed by atoms with E-state index in [1.807, 2.05) is 24.1 Å². The molecule has 0 saturated carbocycles. The zero-order valence-corrected chi connectivity index (χ0v) is 10.8. The lowest BCUT2D eigenvalue weighted by atomic mass is 10.2. The van der Waals surface area contributed by atoms with Crippen molar-refractivity contribution in [1.82, 2.24) is 15.0 Å². The van der Waals surface area contributed by atoms with Gasteiger partial charge in [-0.1, -0.05) is 12.2 Å². The van der Waals surface area contributed by atoms with E-state index < -0.39 is 0 Å². The van der Waals surface area contributed by atoms with E-state index in [9.17, 15) is 0 Å². The van der Waals surface area contributed by atoms with Gasteiger partial charge in [0.1, 0.15) is 10.7 Å². The van der Waals surface area contributed by atoms with Crippen LogP contribution in [0.4, 0.5) is 5.82 Å². The molecule has 5 nitrogen and oxygen atoms in total. The van der Waals surface area contributed by atoms with E-state index >= 15 is 0 Å². The first-order valence-electron chi connectivity index (χ1n) is 5.39. The minimum Gasteiger partial charge on any atom is -0.388 e. The van der Waals surface area contributed by atoms with E-state index in [-0.39, 0.29) is 4.99 Å². The molecule has 18 heavy (non-hydrogen) atoms. The summed E-state index contributed by atoms with van der Waals surface area (Å²) >= 11 is 4.97. The standard InChI is InChI=1S/C12H13N5S/c1-17(8-9-2-4-14-5-3-9)12-10(11(13)18)15-6-7-16-12/h2-7H,8H2,1H3,(H2,13,18). The molecule has 0 atom stereocenters. The summed E-state index contributed by atoms with van der Waals surface area (Å²) < 4.78 is 0. The molecule has 0 aromatic carbocycles. The zero-order valence-electron chi connectivity index (χ0n) is 9.95. The van der Waals surface area contributed by atoms with Gasteiger partial charge in [-0.15, -0.1) is 0 Å². The molecule has 92 valence electrons. The van der Waals surface area contributed by atoms with Gasteiger partial charge in [-0.3, -0.25) is 4.98 Å². The summed E-state index contributed by atoms with van der Waals surface area (Å²) in [5.41, 5.74) is 7.31. The lowest BCUT2D eigenvalue weighted by Crippen LogP contribution is -2.23. The average Bonchev–Trinajstić information content (AvgIpc) is 2.40. The summed E-state index contributed by atoms with van der Waals surface area (Å²) in [4.78, 5) is 14.6. The van der Waals surface area contributed by atoms with Gasteiger partial charge in [0.15, 0.2) is 5.82 Å². The topological polar surface area (TPSA) is 67.9 Å². The maximum atomic E-state index is 5.64. The minimum atomic E-state index is 0.250. The third kappa shape index (κ3) is 2.78. The molecule has 2 N–H and O–H groups in total. The van der Waals surface area contributed by atoms with E-state index in [0.29, 0.717) is 18.1 Å². The molecular weight excluding hydrogens is 246 g/mol. The molecule has 0 bridgehead atoms. The number of anilines is 1. The van der Waals surface area contributed by atoms with E-state index in [1.54, 1.807) is 24.8 Å². The Morgan fingerprint density at radius 1 is 1.22 bits per heavy atom. The molecule has 0 spiro atoms. The maximum Gasteiger partial charge on any atom is 0.157 e. The fraction of sp³-hybridized carbons (Fsp3) is 0.167. The van der Waals surface area contributed by atoms with Gasteiger partial charge in [0, 0.05) is 38.4 Å². The second-order valence-electron chi connectivity index (χ2n) is 3.80. The predicted octanol–water partition coefficient (Wildman–Crippen LogP) is 1.14. The normalized spacial score (nSPS) is 10.1. The molecule has 0 unspecified atom stereocenters. The van der Waals surface area contributed by atoms with Crippen molar-refractivity contribution >= 4 is 23.0 Å². The lowest BCUT2D eigenvalue weighted by Gasteiger charge is -2.19. The van der Waals surface area contributed by atoms with E-state index in [0.717, 1.165) is 5.56 Å². The Morgan fingerprint density at radius 3 is 2.56 bits per heavy atom. The molecule has 2 rings (SSSR count). The molecule has 0 saturated heterocycles. The molecule has 2 aromatic rings. The predicted molar refractivity (Wildman–Crippen MR) is 74.3 cm³/mol. The van der Waals surface area contributed by atoms with Crippen LogP contribution in [0.5, 0.6) is 0 Å². The van der Waals surface area contributed by atoms with Crippen molar-refractivity contribution in [3.05, 3.63) is 48.2 Å². The number of rotatable bonds is 4. The quantitative estimate of drug-likeness (QED) is 0.831. The van der Waals surface area contributed by atoms with Crippen LogP contribution in [0.1, 0.15) is 11.3 Å². The summed E-state index contributed by atoms with van der Waals surface area (Å²) in [6, 6.07) is 3.90. The molecule has 0 aliphatic rings. The van der Waals surface area contributed by atoms with Gasteiger partial charge < -0.3 is 10.6 Å². The highest BCUT2D eigenvalue weighted by Crippen LogP contribution is 2.15. The van der Waals surface area contributed by atoms with Crippen LogP contribution in [0.2, 0.25) is 0 Å². The molecule has 2 aromatic heterocycles. The molecule has 0 fully saturated rings. The molecule has 0 aliphatic carbocycles. The minimum absolute atomic E-state index is 0.250. The highest BCUT2D eigenvalue weighted by molar-refractivity contribution is 7.80. The fourth-order valence-electron chi connectivity index (χ4n) is 1.62. The third-order valence-electron chi connectivity index (χ3n) is 2.44. The number of nitrogens with zero attached hydrogens (tertiary/aromatic N) is 4. The van der Waals surface area contributed by atoms with Gasteiger partial charge in [-0.05, 0) is 17.7 Å². The Hall–Kier alpha value is -2.08. The van der Waals surface area contributed by atoms with Crippen molar-refractivity contribution in [3.63, 3.8) is 0 Å². The Labute approximate surface area is 111 Å². The van der Waals surface area contributed by atoms with Gasteiger partial charge in [-0.2, -0.15) is 0 Å². The monoisotopic (exact) mass is 259 g/mol. The molecular formula is C12H13N5S. The number of nitrogens with two attached hydrogens (primary N) is 1. The van der Waals surface area contributed by atoms with Crippen molar-refractivity contribution in [2.45, 2.75) is 6.54 Å². The zero-order chi connectivity index (χ0) is 13.0. The number of hydrogen-bond acceptors (Lipinski definition) is 5. The van der Waals surface area contributed by atoms with Crippen LogP contribution in [-0.4, -0.2) is 27.0 Å². The van der Waals surface area contributed by atoms with Crippen LogP contribution < -0.4 is 10.6 Å². The average molecular weight is 259 g/mol. The van der Waals surface area contributed by atoms with Gasteiger partial charge in [0.05, 0.1) is 0 Å². The summed E-state index contributed by atoms with van der Waals surface area (Å²) in [5, 5.41) is 0. The van der Waals surface area contributed by atoms with Crippen molar-refractivity contribution < 1.29 is 0 Å². The highest BCUT2D eigenvalue weighted by atomic mass is 32.1. The van der Waals surface area contributed by atoms with Gasteiger partial charge in [0.25, 0.3) is 0 Å². The van der Waals surface area contributed by atoms with Crippen LogP contribution in [0.25, 0.3) is 0 Å². The molecule has 0 radical (unpaired) electrons. The van der Waals surface area contributed by atoms with Crippen molar-refractivity contribution in [3.8, 4) is 0 Å². The third-order valence-corrected chi connectivity index (χ3v) is 2.64. The molecule has 2 heterocycles. The van der Waals surface area contributed by atoms with Crippen molar-refractivity contribution in [1.29, 1.82) is 0 Å². The van der Waals surface area contributed by atoms with Crippen LogP contribution in [0, 0.1) is 0 Å². The van der Waals surface area contributed by atoms with Gasteiger partial charge >= 0.3 is 0 Å². The van der Waals surface area contributed by atoms with Crippen LogP contribution in [0.15, 0.2) is 36.9 Å².